The van der Waals surface area contributed by atoms with E-state index in [9.17, 15) is 9.59 Å². The summed E-state index contributed by atoms with van der Waals surface area (Å²) in [7, 11) is 1.91. The highest BCUT2D eigenvalue weighted by molar-refractivity contribution is 5.90. The van der Waals surface area contributed by atoms with Gasteiger partial charge in [-0.1, -0.05) is 24.3 Å². The summed E-state index contributed by atoms with van der Waals surface area (Å²) in [5.41, 5.74) is 9.21. The van der Waals surface area contributed by atoms with Crippen molar-refractivity contribution in [3.05, 3.63) is 42.1 Å². The largest absolute Gasteiger partial charge is 0.350 e. The highest BCUT2D eigenvalue weighted by atomic mass is 16.2. The summed E-state index contributed by atoms with van der Waals surface area (Å²) >= 11 is 0. The Balaban J connectivity index is 1.34. The van der Waals surface area contributed by atoms with Gasteiger partial charge in [0.1, 0.15) is 6.04 Å². The molecule has 0 radical (unpaired) electrons. The van der Waals surface area contributed by atoms with Gasteiger partial charge in [0.2, 0.25) is 11.8 Å². The first-order chi connectivity index (χ1) is 13.5. The third-order valence-corrected chi connectivity index (χ3v) is 5.79. The molecule has 28 heavy (non-hydrogen) atoms. The molecule has 2 fully saturated rings. The predicted octanol–water partition coefficient (Wildman–Crippen LogP) is 1.43. The zero-order chi connectivity index (χ0) is 19.7. The fourth-order valence-corrected chi connectivity index (χ4v) is 3.91. The number of carbonyl (C=O) groups excluding carboxylic acids is 2. The minimum Gasteiger partial charge on any atom is -0.350 e. The topological polar surface area (TPSA) is 93.2 Å². The standard InChI is InChI=1S/C21H27N5O2/c1-25-17(10-11-24-25)15-6-4-14(5-7-15)13-23-20(27)18-3-2-12-26(18)21(28)19(22)16-8-9-16/h4-7,10-11,16,18-19H,2-3,8-9,12-13,22H2,1H3,(H,23,27). The van der Waals surface area contributed by atoms with Crippen molar-refractivity contribution >= 4 is 11.8 Å². The molecule has 1 saturated carbocycles. The number of rotatable bonds is 6. The molecule has 4 rings (SSSR count). The predicted molar refractivity (Wildman–Crippen MR) is 106 cm³/mol. The van der Waals surface area contributed by atoms with E-state index in [1.165, 1.54) is 0 Å². The molecular weight excluding hydrogens is 354 g/mol. The minimum atomic E-state index is -0.451. The molecule has 2 heterocycles. The van der Waals surface area contributed by atoms with Crippen molar-refractivity contribution in [2.24, 2.45) is 18.7 Å². The van der Waals surface area contributed by atoms with Crippen LogP contribution >= 0.6 is 0 Å². The highest BCUT2D eigenvalue weighted by Gasteiger charge is 2.41. The SMILES string of the molecule is Cn1nccc1-c1ccc(CNC(=O)C2CCCN2C(=O)C(N)C2CC2)cc1. The first kappa shape index (κ1) is 18.7. The van der Waals surface area contributed by atoms with E-state index >= 15 is 0 Å². The fraction of sp³-hybridized carbons (Fsp3) is 0.476. The van der Waals surface area contributed by atoms with Crippen LogP contribution in [0.3, 0.4) is 0 Å². The smallest absolute Gasteiger partial charge is 0.243 e. The maximum Gasteiger partial charge on any atom is 0.243 e. The van der Waals surface area contributed by atoms with Gasteiger partial charge in [0.25, 0.3) is 0 Å². The summed E-state index contributed by atoms with van der Waals surface area (Å²) in [6.45, 7) is 1.06. The van der Waals surface area contributed by atoms with Gasteiger partial charge in [-0.25, -0.2) is 0 Å². The number of nitrogens with one attached hydrogen (secondary N) is 1. The Morgan fingerprint density at radius 3 is 2.61 bits per heavy atom. The fourth-order valence-electron chi connectivity index (χ4n) is 3.91. The lowest BCUT2D eigenvalue weighted by atomic mass is 10.1. The van der Waals surface area contributed by atoms with Crippen LogP contribution in [0.15, 0.2) is 36.5 Å². The van der Waals surface area contributed by atoms with Crippen LogP contribution in [0.2, 0.25) is 0 Å². The molecule has 2 aliphatic rings. The van der Waals surface area contributed by atoms with Crippen LogP contribution in [0.4, 0.5) is 0 Å². The van der Waals surface area contributed by atoms with Crippen LogP contribution in [0.5, 0.6) is 0 Å². The molecule has 7 heteroatoms. The summed E-state index contributed by atoms with van der Waals surface area (Å²) in [5, 5.41) is 7.17. The maximum absolute atomic E-state index is 12.7. The molecule has 7 nitrogen and oxygen atoms in total. The normalized spacial score (nSPS) is 20.2. The molecule has 2 atom stereocenters. The van der Waals surface area contributed by atoms with E-state index in [-0.39, 0.29) is 11.8 Å². The lowest BCUT2D eigenvalue weighted by Gasteiger charge is -2.26. The maximum atomic E-state index is 12.7. The Kier molecular flexibility index (Phi) is 5.17. The van der Waals surface area contributed by atoms with E-state index in [4.69, 9.17) is 5.73 Å². The number of aromatic nitrogens is 2. The van der Waals surface area contributed by atoms with Gasteiger partial charge in [0, 0.05) is 26.3 Å². The first-order valence-corrected chi connectivity index (χ1v) is 9.95. The number of hydrogen-bond donors (Lipinski definition) is 2. The molecule has 1 saturated heterocycles. The molecule has 2 aromatic rings. The van der Waals surface area contributed by atoms with Crippen LogP contribution in [-0.4, -0.2) is 45.1 Å². The molecule has 1 aliphatic heterocycles. The number of nitrogens with two attached hydrogens (primary N) is 1. The molecule has 2 amide bonds. The van der Waals surface area contributed by atoms with Gasteiger partial charge in [-0.05, 0) is 48.8 Å². The number of likely N-dealkylation sites (tertiary alicyclic amines) is 1. The second-order valence-electron chi connectivity index (χ2n) is 7.81. The van der Waals surface area contributed by atoms with Gasteiger partial charge < -0.3 is 16.0 Å². The van der Waals surface area contributed by atoms with E-state index in [2.05, 4.69) is 10.4 Å². The number of amides is 2. The quantitative estimate of drug-likeness (QED) is 0.792. The Morgan fingerprint density at radius 2 is 1.96 bits per heavy atom. The van der Waals surface area contributed by atoms with Crippen molar-refractivity contribution < 1.29 is 9.59 Å². The first-order valence-electron chi connectivity index (χ1n) is 9.95. The average molecular weight is 381 g/mol. The third-order valence-electron chi connectivity index (χ3n) is 5.79. The van der Waals surface area contributed by atoms with Crippen LogP contribution in [0.1, 0.15) is 31.2 Å². The summed E-state index contributed by atoms with van der Waals surface area (Å²) in [6.07, 6.45) is 5.36. The van der Waals surface area contributed by atoms with E-state index in [0.717, 1.165) is 36.1 Å². The number of nitrogens with zero attached hydrogens (tertiary/aromatic N) is 3. The van der Waals surface area contributed by atoms with Crippen LogP contribution < -0.4 is 11.1 Å². The van der Waals surface area contributed by atoms with Crippen LogP contribution in [-0.2, 0) is 23.2 Å². The van der Waals surface area contributed by atoms with E-state index < -0.39 is 12.1 Å². The van der Waals surface area contributed by atoms with Gasteiger partial charge in [-0.2, -0.15) is 5.10 Å². The van der Waals surface area contributed by atoms with Crippen molar-refractivity contribution in [3.63, 3.8) is 0 Å². The molecule has 1 aliphatic carbocycles. The lowest BCUT2D eigenvalue weighted by Crippen LogP contribution is -2.51. The summed E-state index contributed by atoms with van der Waals surface area (Å²) in [5.74, 6) is 0.139. The van der Waals surface area contributed by atoms with Crippen LogP contribution in [0, 0.1) is 5.92 Å². The van der Waals surface area contributed by atoms with Crippen LogP contribution in [0.25, 0.3) is 11.3 Å². The molecule has 1 aromatic heterocycles. The molecule has 148 valence electrons. The molecule has 0 spiro atoms. The second-order valence-corrected chi connectivity index (χ2v) is 7.81. The van der Waals surface area contributed by atoms with Gasteiger partial charge in [0.15, 0.2) is 0 Å². The summed E-state index contributed by atoms with van der Waals surface area (Å²) in [6, 6.07) is 9.18. The molecule has 0 bridgehead atoms. The van der Waals surface area contributed by atoms with Gasteiger partial charge in [-0.3, -0.25) is 14.3 Å². The van der Waals surface area contributed by atoms with E-state index in [0.29, 0.717) is 25.4 Å². The number of carbonyl (C=O) groups is 2. The van der Waals surface area contributed by atoms with Crippen molar-refractivity contribution in [1.82, 2.24) is 20.0 Å². The molecule has 1 aromatic carbocycles. The Labute approximate surface area is 164 Å². The molecule has 2 unspecified atom stereocenters. The third kappa shape index (κ3) is 3.80. The number of aryl methyl sites for hydroxylation is 1. The summed E-state index contributed by atoms with van der Waals surface area (Å²) < 4.78 is 1.83. The minimum absolute atomic E-state index is 0.0688. The molecular formula is C21H27N5O2. The van der Waals surface area contributed by atoms with E-state index in [1.807, 2.05) is 42.1 Å². The summed E-state index contributed by atoms with van der Waals surface area (Å²) in [4.78, 5) is 27.0. The zero-order valence-corrected chi connectivity index (χ0v) is 16.2. The second kappa shape index (κ2) is 7.75. The van der Waals surface area contributed by atoms with E-state index in [1.54, 1.807) is 11.1 Å². The molecule has 3 N–H and O–H groups in total. The van der Waals surface area contributed by atoms with Crippen molar-refractivity contribution in [3.8, 4) is 11.3 Å². The number of hydrogen-bond acceptors (Lipinski definition) is 4. The van der Waals surface area contributed by atoms with Gasteiger partial charge in [-0.15, -0.1) is 0 Å². The Bertz CT molecular complexity index is 856. The Morgan fingerprint density at radius 1 is 1.21 bits per heavy atom. The van der Waals surface area contributed by atoms with Gasteiger partial charge >= 0.3 is 0 Å². The number of benzene rings is 1. The van der Waals surface area contributed by atoms with Crippen molar-refractivity contribution in [2.45, 2.75) is 44.3 Å². The monoisotopic (exact) mass is 381 g/mol. The Hall–Kier alpha value is -2.67. The van der Waals surface area contributed by atoms with Crippen molar-refractivity contribution in [1.29, 1.82) is 0 Å². The van der Waals surface area contributed by atoms with Crippen molar-refractivity contribution in [2.75, 3.05) is 6.54 Å². The highest BCUT2D eigenvalue weighted by Crippen LogP contribution is 2.33. The lowest BCUT2D eigenvalue weighted by molar-refractivity contribution is -0.139. The average Bonchev–Trinajstić information content (AvgIpc) is 3.28. The van der Waals surface area contributed by atoms with Gasteiger partial charge in [0.05, 0.1) is 11.7 Å². The zero-order valence-electron chi connectivity index (χ0n) is 16.2.